The molecule has 2 N–H and O–H groups in total. The molecule has 0 bridgehead atoms. The highest BCUT2D eigenvalue weighted by atomic mass is 32.2. The van der Waals surface area contributed by atoms with Gasteiger partial charge < -0.3 is 9.84 Å². The van der Waals surface area contributed by atoms with Crippen molar-refractivity contribution in [1.29, 1.82) is 0 Å². The highest BCUT2D eigenvalue weighted by Gasteiger charge is 2.27. The minimum absolute atomic E-state index is 0.0239. The van der Waals surface area contributed by atoms with Gasteiger partial charge in [0, 0.05) is 19.1 Å². The molecule has 5 nitrogen and oxygen atoms in total. The van der Waals surface area contributed by atoms with Crippen molar-refractivity contribution in [3.8, 4) is 5.75 Å². The number of aliphatic hydroxyl groups is 1. The maximum Gasteiger partial charge on any atom is 0.240 e. The molecule has 1 unspecified atom stereocenters. The Bertz CT molecular complexity index is 537. The first kappa shape index (κ1) is 16.3. The monoisotopic (exact) mass is 313 g/mol. The van der Waals surface area contributed by atoms with Crippen LogP contribution < -0.4 is 9.46 Å². The minimum atomic E-state index is -3.47. The van der Waals surface area contributed by atoms with E-state index in [1.54, 1.807) is 24.3 Å². The van der Waals surface area contributed by atoms with E-state index in [0.717, 1.165) is 12.8 Å². The number of sulfonamides is 1. The lowest BCUT2D eigenvalue weighted by Gasteiger charge is -2.31. The molecular weight excluding hydrogens is 290 g/mol. The van der Waals surface area contributed by atoms with E-state index in [1.807, 2.05) is 6.92 Å². The fourth-order valence-electron chi connectivity index (χ4n) is 2.32. The number of hydrogen-bond acceptors (Lipinski definition) is 4. The van der Waals surface area contributed by atoms with Crippen LogP contribution in [0.2, 0.25) is 0 Å². The summed E-state index contributed by atoms with van der Waals surface area (Å²) in [5.74, 6) is 1.07. The zero-order chi connectivity index (χ0) is 15.3. The molecule has 1 aliphatic rings. The van der Waals surface area contributed by atoms with Crippen molar-refractivity contribution in [1.82, 2.24) is 4.72 Å². The van der Waals surface area contributed by atoms with Gasteiger partial charge in [-0.25, -0.2) is 13.1 Å². The molecule has 0 aromatic heterocycles. The van der Waals surface area contributed by atoms with Crippen LogP contribution in [0.4, 0.5) is 0 Å². The van der Waals surface area contributed by atoms with Crippen LogP contribution >= 0.6 is 0 Å². The minimum Gasteiger partial charge on any atom is -0.494 e. The second-order valence-electron chi connectivity index (χ2n) is 5.50. The molecule has 0 saturated heterocycles. The molecule has 0 heterocycles. The van der Waals surface area contributed by atoms with E-state index in [2.05, 4.69) is 4.72 Å². The summed E-state index contributed by atoms with van der Waals surface area (Å²) < 4.78 is 32.7. The number of ether oxygens (including phenoxy) is 1. The summed E-state index contributed by atoms with van der Waals surface area (Å²) in [5, 5.41) is 8.68. The highest BCUT2D eigenvalue weighted by molar-refractivity contribution is 7.89. The van der Waals surface area contributed by atoms with E-state index >= 15 is 0 Å². The van der Waals surface area contributed by atoms with E-state index in [0.29, 0.717) is 24.7 Å². The fraction of sp³-hybridized carbons (Fsp3) is 0.600. The van der Waals surface area contributed by atoms with Gasteiger partial charge >= 0.3 is 0 Å². The van der Waals surface area contributed by atoms with E-state index < -0.39 is 10.0 Å². The number of rotatable bonds is 8. The Morgan fingerprint density at radius 1 is 1.33 bits per heavy atom. The van der Waals surface area contributed by atoms with E-state index in [1.165, 1.54) is 6.42 Å². The van der Waals surface area contributed by atoms with Gasteiger partial charge in [0.25, 0.3) is 0 Å². The molecule has 0 amide bonds. The van der Waals surface area contributed by atoms with Crippen molar-refractivity contribution in [2.75, 3.05) is 13.2 Å². The Labute approximate surface area is 126 Å². The topological polar surface area (TPSA) is 75.6 Å². The largest absolute Gasteiger partial charge is 0.494 e. The number of benzene rings is 1. The summed E-state index contributed by atoms with van der Waals surface area (Å²) in [7, 11) is -3.47. The van der Waals surface area contributed by atoms with Crippen molar-refractivity contribution in [3.05, 3.63) is 24.3 Å². The normalized spacial score (nSPS) is 17.2. The van der Waals surface area contributed by atoms with Crippen LogP contribution in [0.3, 0.4) is 0 Å². The molecule has 2 rings (SSSR count). The van der Waals surface area contributed by atoms with Gasteiger partial charge in [0.15, 0.2) is 0 Å². The third kappa shape index (κ3) is 4.43. The van der Waals surface area contributed by atoms with Crippen LogP contribution in [-0.2, 0) is 10.0 Å². The van der Waals surface area contributed by atoms with Crippen LogP contribution in [0, 0.1) is 5.92 Å². The summed E-state index contributed by atoms with van der Waals surface area (Å²) in [6, 6.07) is 6.35. The first-order valence-electron chi connectivity index (χ1n) is 7.39. The Morgan fingerprint density at radius 2 is 2.00 bits per heavy atom. The molecule has 1 saturated carbocycles. The average Bonchev–Trinajstić information content (AvgIpc) is 2.37. The van der Waals surface area contributed by atoms with Gasteiger partial charge in [0.1, 0.15) is 5.75 Å². The highest BCUT2D eigenvalue weighted by Crippen LogP contribution is 2.30. The quantitative estimate of drug-likeness (QED) is 0.719. The Hall–Kier alpha value is -1.11. The van der Waals surface area contributed by atoms with Crippen LogP contribution in [0.5, 0.6) is 5.75 Å². The van der Waals surface area contributed by atoms with E-state index in [4.69, 9.17) is 9.84 Å². The van der Waals surface area contributed by atoms with Crippen molar-refractivity contribution in [2.45, 2.75) is 43.5 Å². The molecule has 0 spiro atoms. The molecule has 21 heavy (non-hydrogen) atoms. The van der Waals surface area contributed by atoms with Crippen molar-refractivity contribution < 1.29 is 18.3 Å². The molecule has 1 atom stereocenters. The van der Waals surface area contributed by atoms with Crippen LogP contribution in [-0.4, -0.2) is 32.8 Å². The molecule has 118 valence electrons. The number of aliphatic hydroxyl groups excluding tert-OH is 1. The Morgan fingerprint density at radius 3 is 2.52 bits per heavy atom. The molecule has 0 aliphatic heterocycles. The summed E-state index contributed by atoms with van der Waals surface area (Å²) in [5.41, 5.74) is 0. The predicted molar refractivity (Wildman–Crippen MR) is 80.8 cm³/mol. The van der Waals surface area contributed by atoms with Crippen LogP contribution in [0.25, 0.3) is 0 Å². The van der Waals surface area contributed by atoms with Crippen molar-refractivity contribution in [3.63, 3.8) is 0 Å². The smallest absolute Gasteiger partial charge is 0.240 e. The molecule has 0 radical (unpaired) electrons. The summed E-state index contributed by atoms with van der Waals surface area (Å²) in [6.45, 7) is 2.42. The zero-order valence-electron chi connectivity index (χ0n) is 12.3. The molecule has 1 aliphatic carbocycles. The Kier molecular flexibility index (Phi) is 5.61. The SMILES string of the molecule is CC(NS(=O)(=O)c1ccc(OCCCO)cc1)C1CCC1. The molecule has 1 fully saturated rings. The third-order valence-corrected chi connectivity index (χ3v) is 5.48. The zero-order valence-corrected chi connectivity index (χ0v) is 13.1. The fourth-order valence-corrected chi connectivity index (χ4v) is 3.63. The van der Waals surface area contributed by atoms with Crippen molar-refractivity contribution >= 4 is 10.0 Å². The lowest BCUT2D eigenvalue weighted by atomic mass is 9.81. The lowest BCUT2D eigenvalue weighted by molar-refractivity contribution is 0.233. The molecule has 1 aromatic rings. The third-order valence-electron chi connectivity index (χ3n) is 3.90. The number of hydrogen-bond donors (Lipinski definition) is 2. The standard InChI is InChI=1S/C15H23NO4S/c1-12(13-4-2-5-13)16-21(18,19)15-8-6-14(7-9-15)20-11-3-10-17/h6-9,12-13,16-17H,2-5,10-11H2,1H3. The lowest BCUT2D eigenvalue weighted by Crippen LogP contribution is -2.40. The number of nitrogens with one attached hydrogen (secondary N) is 1. The summed E-state index contributed by atoms with van der Waals surface area (Å²) in [4.78, 5) is 0.253. The average molecular weight is 313 g/mol. The second kappa shape index (κ2) is 7.24. The Balaban J connectivity index is 1.95. The first-order valence-corrected chi connectivity index (χ1v) is 8.87. The summed E-state index contributed by atoms with van der Waals surface area (Å²) in [6.07, 6.45) is 3.94. The maximum atomic E-state index is 12.3. The van der Waals surface area contributed by atoms with Gasteiger partial charge in [-0.2, -0.15) is 0 Å². The van der Waals surface area contributed by atoms with Gasteiger partial charge in [0.2, 0.25) is 10.0 Å². The van der Waals surface area contributed by atoms with Gasteiger partial charge in [-0.1, -0.05) is 6.42 Å². The predicted octanol–water partition coefficient (Wildman–Crippen LogP) is 1.91. The molecule has 1 aromatic carbocycles. The van der Waals surface area contributed by atoms with Crippen LogP contribution in [0.1, 0.15) is 32.6 Å². The van der Waals surface area contributed by atoms with Gasteiger partial charge in [-0.05, 0) is 49.9 Å². The first-order chi connectivity index (χ1) is 10.0. The second-order valence-corrected chi connectivity index (χ2v) is 7.21. The van der Waals surface area contributed by atoms with Crippen molar-refractivity contribution in [2.24, 2.45) is 5.92 Å². The summed E-state index contributed by atoms with van der Waals surface area (Å²) >= 11 is 0. The molecular formula is C15H23NO4S. The van der Waals surface area contributed by atoms with E-state index in [9.17, 15) is 8.42 Å². The van der Waals surface area contributed by atoms with Crippen LogP contribution in [0.15, 0.2) is 29.2 Å². The van der Waals surface area contributed by atoms with Gasteiger partial charge in [-0.15, -0.1) is 0 Å². The molecule has 6 heteroatoms. The maximum absolute atomic E-state index is 12.3. The van der Waals surface area contributed by atoms with Gasteiger partial charge in [0.05, 0.1) is 11.5 Å². The van der Waals surface area contributed by atoms with E-state index in [-0.39, 0.29) is 17.5 Å². The van der Waals surface area contributed by atoms with Gasteiger partial charge in [-0.3, -0.25) is 0 Å².